The predicted molar refractivity (Wildman–Crippen MR) is 76.8 cm³/mol. The average Bonchev–Trinajstić information content (AvgIpc) is 2.88. The van der Waals surface area contributed by atoms with Crippen LogP contribution >= 0.6 is 0 Å². The number of hydrogen-bond acceptors (Lipinski definition) is 2. The number of nitrogens with two attached hydrogens (primary N) is 1. The van der Waals surface area contributed by atoms with E-state index in [2.05, 4.69) is 10.3 Å². The Labute approximate surface area is 117 Å². The van der Waals surface area contributed by atoms with E-state index in [1.807, 2.05) is 6.92 Å². The maximum Gasteiger partial charge on any atom is 0.253 e. The van der Waals surface area contributed by atoms with Crippen LogP contribution in [0.3, 0.4) is 0 Å². The molecule has 5 heteroatoms. The summed E-state index contributed by atoms with van der Waals surface area (Å²) in [6.45, 7) is 2.43. The van der Waals surface area contributed by atoms with Crippen molar-refractivity contribution in [3.8, 4) is 11.1 Å². The number of halogens is 1. The second-order valence-corrected chi connectivity index (χ2v) is 4.81. The number of benzene rings is 1. The molecule has 1 aromatic heterocycles. The summed E-state index contributed by atoms with van der Waals surface area (Å²) in [4.78, 5) is 15.0. The molecule has 2 rings (SSSR count). The normalized spacial score (nSPS) is 12.2. The molecule has 0 saturated heterocycles. The van der Waals surface area contributed by atoms with Crippen molar-refractivity contribution in [1.82, 2.24) is 10.3 Å². The van der Waals surface area contributed by atoms with Crippen LogP contribution in [-0.2, 0) is 0 Å². The first-order chi connectivity index (χ1) is 9.58. The van der Waals surface area contributed by atoms with Gasteiger partial charge in [-0.25, -0.2) is 4.39 Å². The van der Waals surface area contributed by atoms with Gasteiger partial charge in [0.1, 0.15) is 5.82 Å². The zero-order valence-electron chi connectivity index (χ0n) is 11.3. The van der Waals surface area contributed by atoms with Gasteiger partial charge in [-0.3, -0.25) is 4.79 Å². The Morgan fingerprint density at radius 3 is 2.70 bits per heavy atom. The summed E-state index contributed by atoms with van der Waals surface area (Å²) in [7, 11) is 0. The number of aromatic amines is 1. The van der Waals surface area contributed by atoms with E-state index in [9.17, 15) is 9.18 Å². The summed E-state index contributed by atoms with van der Waals surface area (Å²) in [6, 6.07) is 6.10. The summed E-state index contributed by atoms with van der Waals surface area (Å²) in [6.07, 6.45) is 4.09. The van der Waals surface area contributed by atoms with Crippen LogP contribution < -0.4 is 11.1 Å². The van der Waals surface area contributed by atoms with Crippen molar-refractivity contribution >= 4 is 5.91 Å². The van der Waals surface area contributed by atoms with E-state index >= 15 is 0 Å². The van der Waals surface area contributed by atoms with Crippen molar-refractivity contribution in [3.05, 3.63) is 48.0 Å². The molecule has 0 aliphatic heterocycles. The lowest BCUT2D eigenvalue weighted by atomic mass is 10.0. The van der Waals surface area contributed by atoms with Gasteiger partial charge in [0.2, 0.25) is 0 Å². The van der Waals surface area contributed by atoms with Crippen LogP contribution in [0.4, 0.5) is 4.39 Å². The van der Waals surface area contributed by atoms with E-state index in [0.29, 0.717) is 12.1 Å². The van der Waals surface area contributed by atoms with Crippen LogP contribution in [0.15, 0.2) is 36.7 Å². The molecule has 0 saturated carbocycles. The summed E-state index contributed by atoms with van der Waals surface area (Å²) >= 11 is 0. The number of amides is 1. The fourth-order valence-electron chi connectivity index (χ4n) is 1.93. The van der Waals surface area contributed by atoms with Crippen LogP contribution in [0.2, 0.25) is 0 Å². The molecule has 0 bridgehead atoms. The molecule has 4 nitrogen and oxygen atoms in total. The molecule has 4 N–H and O–H groups in total. The lowest BCUT2D eigenvalue weighted by molar-refractivity contribution is 0.0953. The number of carbonyl (C=O) groups excluding carboxylic acids is 1. The minimum Gasteiger partial charge on any atom is -0.366 e. The SMILES string of the molecule is CC(N)CCNC(=O)c1c[nH]cc1-c1ccc(F)cc1. The Bertz CT molecular complexity index is 575. The third-order valence-corrected chi connectivity index (χ3v) is 3.03. The zero-order valence-corrected chi connectivity index (χ0v) is 11.3. The van der Waals surface area contributed by atoms with Gasteiger partial charge in [-0.15, -0.1) is 0 Å². The number of rotatable bonds is 5. The monoisotopic (exact) mass is 275 g/mol. The first-order valence-corrected chi connectivity index (χ1v) is 6.54. The molecule has 20 heavy (non-hydrogen) atoms. The molecule has 1 atom stereocenters. The third-order valence-electron chi connectivity index (χ3n) is 3.03. The quantitative estimate of drug-likeness (QED) is 0.783. The summed E-state index contributed by atoms with van der Waals surface area (Å²) in [5.41, 5.74) is 7.73. The van der Waals surface area contributed by atoms with Crippen molar-refractivity contribution in [2.24, 2.45) is 5.73 Å². The van der Waals surface area contributed by atoms with Crippen molar-refractivity contribution in [1.29, 1.82) is 0 Å². The molecule has 106 valence electrons. The molecule has 1 unspecified atom stereocenters. The Kier molecular flexibility index (Phi) is 4.53. The topological polar surface area (TPSA) is 70.9 Å². The second kappa shape index (κ2) is 6.34. The lowest BCUT2D eigenvalue weighted by Gasteiger charge is -2.08. The molecule has 0 fully saturated rings. The summed E-state index contributed by atoms with van der Waals surface area (Å²) in [5.74, 6) is -0.460. The van der Waals surface area contributed by atoms with Gasteiger partial charge < -0.3 is 16.0 Å². The third kappa shape index (κ3) is 3.45. The number of H-pyrrole nitrogens is 1. The van der Waals surface area contributed by atoms with E-state index in [-0.39, 0.29) is 17.8 Å². The van der Waals surface area contributed by atoms with E-state index in [1.165, 1.54) is 12.1 Å². The number of nitrogens with one attached hydrogen (secondary N) is 2. The molecule has 2 aromatic rings. The van der Waals surface area contributed by atoms with Crippen LogP contribution in [0.25, 0.3) is 11.1 Å². The molecule has 0 radical (unpaired) electrons. The van der Waals surface area contributed by atoms with Crippen LogP contribution in [0.1, 0.15) is 23.7 Å². The van der Waals surface area contributed by atoms with Gasteiger partial charge in [0.05, 0.1) is 5.56 Å². The number of aromatic nitrogens is 1. The molecule has 0 aliphatic rings. The van der Waals surface area contributed by atoms with Gasteiger partial charge in [-0.1, -0.05) is 12.1 Å². The Balaban J connectivity index is 2.12. The fourth-order valence-corrected chi connectivity index (χ4v) is 1.93. The zero-order chi connectivity index (χ0) is 14.5. The Morgan fingerprint density at radius 2 is 2.05 bits per heavy atom. The predicted octanol–water partition coefficient (Wildman–Crippen LogP) is 2.29. The Hall–Kier alpha value is -2.14. The van der Waals surface area contributed by atoms with Gasteiger partial charge in [0.25, 0.3) is 5.91 Å². The maximum atomic E-state index is 12.9. The van der Waals surface area contributed by atoms with Crippen molar-refractivity contribution in [2.45, 2.75) is 19.4 Å². The maximum absolute atomic E-state index is 12.9. The highest BCUT2D eigenvalue weighted by Gasteiger charge is 2.13. The molecule has 1 heterocycles. The summed E-state index contributed by atoms with van der Waals surface area (Å²) in [5, 5.41) is 2.82. The lowest BCUT2D eigenvalue weighted by Crippen LogP contribution is -2.29. The van der Waals surface area contributed by atoms with Gasteiger partial charge in [-0.2, -0.15) is 0 Å². The van der Waals surface area contributed by atoms with E-state index < -0.39 is 0 Å². The van der Waals surface area contributed by atoms with E-state index in [1.54, 1.807) is 24.5 Å². The van der Waals surface area contributed by atoms with E-state index in [0.717, 1.165) is 17.5 Å². The van der Waals surface area contributed by atoms with Crippen LogP contribution in [-0.4, -0.2) is 23.5 Å². The van der Waals surface area contributed by atoms with Gasteiger partial charge in [0, 0.05) is 30.5 Å². The number of hydrogen-bond donors (Lipinski definition) is 3. The van der Waals surface area contributed by atoms with Crippen molar-refractivity contribution < 1.29 is 9.18 Å². The smallest absolute Gasteiger partial charge is 0.253 e. The van der Waals surface area contributed by atoms with Crippen molar-refractivity contribution in [2.75, 3.05) is 6.54 Å². The standard InChI is InChI=1S/C15H18FN3O/c1-10(17)6-7-19-15(20)14-9-18-8-13(14)11-2-4-12(16)5-3-11/h2-5,8-10,18H,6-7,17H2,1H3,(H,19,20). The molecule has 1 aromatic carbocycles. The minimum absolute atomic E-state index is 0.0538. The Morgan fingerprint density at radius 1 is 1.35 bits per heavy atom. The van der Waals surface area contributed by atoms with E-state index in [4.69, 9.17) is 5.73 Å². The second-order valence-electron chi connectivity index (χ2n) is 4.81. The largest absolute Gasteiger partial charge is 0.366 e. The van der Waals surface area contributed by atoms with Crippen molar-refractivity contribution in [3.63, 3.8) is 0 Å². The molecule has 0 spiro atoms. The number of carbonyl (C=O) groups is 1. The molecule has 0 aliphatic carbocycles. The highest BCUT2D eigenvalue weighted by molar-refractivity contribution is 6.00. The van der Waals surface area contributed by atoms with Gasteiger partial charge in [-0.05, 0) is 31.0 Å². The first kappa shape index (κ1) is 14.3. The van der Waals surface area contributed by atoms with Crippen LogP contribution in [0.5, 0.6) is 0 Å². The summed E-state index contributed by atoms with van der Waals surface area (Å²) < 4.78 is 12.9. The first-order valence-electron chi connectivity index (χ1n) is 6.54. The average molecular weight is 275 g/mol. The molecule has 1 amide bonds. The van der Waals surface area contributed by atoms with Crippen LogP contribution in [0, 0.1) is 5.82 Å². The van der Waals surface area contributed by atoms with Gasteiger partial charge in [0.15, 0.2) is 0 Å². The van der Waals surface area contributed by atoms with Gasteiger partial charge >= 0.3 is 0 Å². The fraction of sp³-hybridized carbons (Fsp3) is 0.267. The highest BCUT2D eigenvalue weighted by atomic mass is 19.1. The highest BCUT2D eigenvalue weighted by Crippen LogP contribution is 2.23. The molecular weight excluding hydrogens is 257 g/mol. The molecular formula is C15H18FN3O. The minimum atomic E-state index is -0.299.